The molecule has 0 aliphatic carbocycles. The Hall–Kier alpha value is -1.69. The van der Waals surface area contributed by atoms with Gasteiger partial charge in [0.05, 0.1) is 11.4 Å². The second-order valence-electron chi connectivity index (χ2n) is 3.26. The van der Waals surface area contributed by atoms with Crippen LogP contribution < -0.4 is 5.73 Å². The fourth-order valence-electron chi connectivity index (χ4n) is 1.30. The Morgan fingerprint density at radius 3 is 2.44 bits per heavy atom. The van der Waals surface area contributed by atoms with Gasteiger partial charge in [0.2, 0.25) is 0 Å². The van der Waals surface area contributed by atoms with Gasteiger partial charge in [-0.05, 0) is 31.2 Å². The Morgan fingerprint density at radius 2 is 1.94 bits per heavy atom. The molecule has 0 aliphatic heterocycles. The van der Waals surface area contributed by atoms with Crippen molar-refractivity contribution in [1.29, 1.82) is 0 Å². The molecule has 1 aromatic heterocycles. The van der Waals surface area contributed by atoms with Crippen molar-refractivity contribution in [3.63, 3.8) is 0 Å². The molecule has 16 heavy (non-hydrogen) atoms. The van der Waals surface area contributed by atoms with E-state index in [1.807, 2.05) is 24.3 Å². The second-order valence-corrected chi connectivity index (χ2v) is 4.18. The quantitative estimate of drug-likeness (QED) is 0.905. The molecule has 0 aliphatic rings. The molecule has 0 saturated carbocycles. The SMILES string of the molecule is Cc1nn(-c2ccc(Br)cc2)nc1C(N)=O. The van der Waals surface area contributed by atoms with E-state index in [4.69, 9.17) is 5.73 Å². The summed E-state index contributed by atoms with van der Waals surface area (Å²) in [6.07, 6.45) is 0. The fraction of sp³-hybridized carbons (Fsp3) is 0.100. The van der Waals surface area contributed by atoms with Gasteiger partial charge in [0.1, 0.15) is 0 Å². The summed E-state index contributed by atoms with van der Waals surface area (Å²) in [4.78, 5) is 12.4. The molecule has 2 N–H and O–H groups in total. The molecule has 6 heteroatoms. The lowest BCUT2D eigenvalue weighted by Gasteiger charge is -1.98. The predicted molar refractivity (Wildman–Crippen MR) is 62.3 cm³/mol. The van der Waals surface area contributed by atoms with Gasteiger partial charge in [0.25, 0.3) is 5.91 Å². The van der Waals surface area contributed by atoms with Crippen LogP contribution in [0.3, 0.4) is 0 Å². The highest BCUT2D eigenvalue weighted by atomic mass is 79.9. The van der Waals surface area contributed by atoms with E-state index in [2.05, 4.69) is 26.1 Å². The lowest BCUT2D eigenvalue weighted by Crippen LogP contribution is -2.13. The Balaban J connectivity index is 2.45. The number of hydrogen-bond donors (Lipinski definition) is 1. The number of amides is 1. The highest BCUT2D eigenvalue weighted by Gasteiger charge is 2.12. The van der Waals surface area contributed by atoms with Crippen LogP contribution in [0.5, 0.6) is 0 Å². The van der Waals surface area contributed by atoms with Gasteiger partial charge >= 0.3 is 0 Å². The van der Waals surface area contributed by atoms with Crippen molar-refractivity contribution in [2.45, 2.75) is 6.92 Å². The number of halogens is 1. The van der Waals surface area contributed by atoms with Gasteiger partial charge in [-0.15, -0.1) is 5.10 Å². The zero-order chi connectivity index (χ0) is 11.7. The maximum Gasteiger partial charge on any atom is 0.271 e. The summed E-state index contributed by atoms with van der Waals surface area (Å²) in [5, 5.41) is 8.15. The Kier molecular flexibility index (Phi) is 2.74. The van der Waals surface area contributed by atoms with E-state index in [0.717, 1.165) is 10.2 Å². The molecule has 0 unspecified atom stereocenters. The summed E-state index contributed by atoms with van der Waals surface area (Å²) in [6, 6.07) is 7.43. The molecule has 2 rings (SSSR count). The summed E-state index contributed by atoms with van der Waals surface area (Å²) >= 11 is 3.34. The topological polar surface area (TPSA) is 73.8 Å². The number of rotatable bonds is 2. The lowest BCUT2D eigenvalue weighted by atomic mass is 10.3. The van der Waals surface area contributed by atoms with Gasteiger partial charge in [0, 0.05) is 4.47 Å². The molecular weight excluding hydrogens is 272 g/mol. The minimum Gasteiger partial charge on any atom is -0.364 e. The third kappa shape index (κ3) is 1.96. The van der Waals surface area contributed by atoms with E-state index < -0.39 is 5.91 Å². The molecule has 0 saturated heterocycles. The van der Waals surface area contributed by atoms with Crippen molar-refractivity contribution in [3.05, 3.63) is 40.1 Å². The van der Waals surface area contributed by atoms with Crippen LogP contribution in [0.4, 0.5) is 0 Å². The molecule has 5 nitrogen and oxygen atoms in total. The monoisotopic (exact) mass is 280 g/mol. The van der Waals surface area contributed by atoms with Gasteiger partial charge in [-0.1, -0.05) is 15.9 Å². The molecule has 1 aromatic carbocycles. The summed E-state index contributed by atoms with van der Waals surface area (Å²) in [7, 11) is 0. The molecule has 0 atom stereocenters. The number of aromatic nitrogens is 3. The molecule has 0 spiro atoms. The first-order chi connectivity index (χ1) is 7.58. The van der Waals surface area contributed by atoms with Gasteiger partial charge in [0.15, 0.2) is 5.69 Å². The highest BCUT2D eigenvalue weighted by Crippen LogP contribution is 2.13. The van der Waals surface area contributed by atoms with Crippen LogP contribution in [-0.4, -0.2) is 20.9 Å². The van der Waals surface area contributed by atoms with Crippen molar-refractivity contribution >= 4 is 21.8 Å². The number of aryl methyl sites for hydroxylation is 1. The molecular formula is C10H9BrN4O. The van der Waals surface area contributed by atoms with Crippen LogP contribution in [0, 0.1) is 6.92 Å². The first kappa shape index (κ1) is 10.8. The summed E-state index contributed by atoms with van der Waals surface area (Å²) < 4.78 is 0.968. The largest absolute Gasteiger partial charge is 0.364 e. The van der Waals surface area contributed by atoms with Crippen LogP contribution in [-0.2, 0) is 0 Å². The third-order valence-corrected chi connectivity index (χ3v) is 2.60. The lowest BCUT2D eigenvalue weighted by molar-refractivity contribution is 0.0994. The number of hydrogen-bond acceptors (Lipinski definition) is 3. The van der Waals surface area contributed by atoms with Crippen LogP contribution in [0.15, 0.2) is 28.7 Å². The average molecular weight is 281 g/mol. The van der Waals surface area contributed by atoms with Gasteiger partial charge in [-0.3, -0.25) is 4.79 Å². The number of benzene rings is 1. The molecule has 1 amide bonds. The predicted octanol–water partition coefficient (Wildman–Crippen LogP) is 1.44. The van der Waals surface area contributed by atoms with Crippen LogP contribution in [0.1, 0.15) is 16.2 Å². The minimum atomic E-state index is -0.569. The molecule has 0 radical (unpaired) electrons. The molecule has 0 bridgehead atoms. The van der Waals surface area contributed by atoms with E-state index in [0.29, 0.717) is 5.69 Å². The highest BCUT2D eigenvalue weighted by molar-refractivity contribution is 9.10. The van der Waals surface area contributed by atoms with Crippen molar-refractivity contribution in [1.82, 2.24) is 15.0 Å². The first-order valence-corrected chi connectivity index (χ1v) is 5.37. The van der Waals surface area contributed by atoms with Crippen molar-refractivity contribution in [2.75, 3.05) is 0 Å². The number of nitrogens with zero attached hydrogens (tertiary/aromatic N) is 3. The second kappa shape index (κ2) is 4.05. The van der Waals surface area contributed by atoms with E-state index in [9.17, 15) is 4.79 Å². The Bertz CT molecular complexity index is 532. The van der Waals surface area contributed by atoms with Crippen molar-refractivity contribution in [2.24, 2.45) is 5.73 Å². The number of primary amides is 1. The number of carbonyl (C=O) groups excluding carboxylic acids is 1. The average Bonchev–Trinajstić information content (AvgIpc) is 2.61. The number of carbonyl (C=O) groups is 1. The minimum absolute atomic E-state index is 0.197. The van der Waals surface area contributed by atoms with Crippen LogP contribution >= 0.6 is 15.9 Å². The Morgan fingerprint density at radius 1 is 1.31 bits per heavy atom. The molecule has 82 valence electrons. The smallest absolute Gasteiger partial charge is 0.271 e. The van der Waals surface area contributed by atoms with Crippen molar-refractivity contribution < 1.29 is 4.79 Å². The molecule has 0 fully saturated rings. The fourth-order valence-corrected chi connectivity index (χ4v) is 1.56. The van der Waals surface area contributed by atoms with Crippen molar-refractivity contribution in [3.8, 4) is 5.69 Å². The van der Waals surface area contributed by atoms with E-state index in [1.54, 1.807) is 6.92 Å². The summed E-state index contributed by atoms with van der Waals surface area (Å²) in [6.45, 7) is 1.70. The maximum absolute atomic E-state index is 11.0. The van der Waals surface area contributed by atoms with Gasteiger partial charge in [-0.25, -0.2) is 0 Å². The standard InChI is InChI=1S/C10H9BrN4O/c1-6-9(10(12)16)14-15(13-6)8-4-2-7(11)3-5-8/h2-5H,1H3,(H2,12,16). The third-order valence-electron chi connectivity index (χ3n) is 2.07. The normalized spacial score (nSPS) is 10.4. The maximum atomic E-state index is 11.0. The Labute approximate surface area is 100 Å². The zero-order valence-corrected chi connectivity index (χ0v) is 10.1. The van der Waals surface area contributed by atoms with Gasteiger partial charge < -0.3 is 5.73 Å². The van der Waals surface area contributed by atoms with E-state index in [1.165, 1.54) is 4.80 Å². The van der Waals surface area contributed by atoms with Crippen LogP contribution in [0.25, 0.3) is 5.69 Å². The molecule has 2 aromatic rings. The first-order valence-electron chi connectivity index (χ1n) is 4.57. The molecule has 1 heterocycles. The van der Waals surface area contributed by atoms with E-state index >= 15 is 0 Å². The van der Waals surface area contributed by atoms with Crippen LogP contribution in [0.2, 0.25) is 0 Å². The number of nitrogens with two attached hydrogens (primary N) is 1. The zero-order valence-electron chi connectivity index (χ0n) is 8.51. The van der Waals surface area contributed by atoms with Gasteiger partial charge in [-0.2, -0.15) is 9.90 Å². The summed E-state index contributed by atoms with van der Waals surface area (Å²) in [5.41, 5.74) is 6.67. The summed E-state index contributed by atoms with van der Waals surface area (Å²) in [5.74, 6) is -0.569. The van der Waals surface area contributed by atoms with E-state index in [-0.39, 0.29) is 5.69 Å².